The van der Waals surface area contributed by atoms with Gasteiger partial charge in [0.1, 0.15) is 12.4 Å². The maximum atomic E-state index is 10.6. The van der Waals surface area contributed by atoms with Crippen molar-refractivity contribution in [1.29, 1.82) is 5.26 Å². The van der Waals surface area contributed by atoms with E-state index in [1.54, 1.807) is 36.7 Å². The summed E-state index contributed by atoms with van der Waals surface area (Å²) in [6, 6.07) is 8.73. The van der Waals surface area contributed by atoms with Crippen LogP contribution in [0.1, 0.15) is 15.9 Å². The topological polar surface area (TPSA) is 66.6 Å². The molecule has 1 aromatic carbocycles. The van der Waals surface area contributed by atoms with Crippen molar-refractivity contribution in [2.24, 2.45) is 0 Å². The molecule has 0 bridgehead atoms. The Hall–Kier alpha value is -2.19. The molecule has 0 aliphatic carbocycles. The Balaban J connectivity index is 2.34. The average Bonchev–Trinajstić information content (AvgIpc) is 2.40. The van der Waals surface area contributed by atoms with Gasteiger partial charge in [0.15, 0.2) is 5.16 Å². The Bertz CT molecular complexity index is 578. The average molecular weight is 241 g/mol. The minimum Gasteiger partial charge on any atom is -0.298 e. The molecule has 2 rings (SSSR count). The maximum absolute atomic E-state index is 10.6. The van der Waals surface area contributed by atoms with Gasteiger partial charge in [0.25, 0.3) is 0 Å². The highest BCUT2D eigenvalue weighted by molar-refractivity contribution is 7.99. The SMILES string of the molecule is N#Cc1cc(C=O)ccc1Sc1ncccn1. The van der Waals surface area contributed by atoms with E-state index in [0.717, 1.165) is 4.90 Å². The highest BCUT2D eigenvalue weighted by Crippen LogP contribution is 2.27. The lowest BCUT2D eigenvalue weighted by atomic mass is 10.1. The number of benzene rings is 1. The van der Waals surface area contributed by atoms with Gasteiger partial charge >= 0.3 is 0 Å². The number of rotatable bonds is 3. The summed E-state index contributed by atoms with van der Waals surface area (Å²) in [6.45, 7) is 0. The second kappa shape index (κ2) is 5.23. The Kier molecular flexibility index (Phi) is 3.48. The van der Waals surface area contributed by atoms with E-state index in [4.69, 9.17) is 5.26 Å². The van der Waals surface area contributed by atoms with Gasteiger partial charge < -0.3 is 0 Å². The molecule has 0 fully saturated rings. The first-order valence-electron chi connectivity index (χ1n) is 4.77. The van der Waals surface area contributed by atoms with E-state index in [1.165, 1.54) is 11.8 Å². The molecule has 17 heavy (non-hydrogen) atoms. The van der Waals surface area contributed by atoms with E-state index < -0.39 is 0 Å². The number of nitriles is 1. The zero-order valence-corrected chi connectivity index (χ0v) is 9.52. The normalized spacial score (nSPS) is 9.59. The molecule has 5 heteroatoms. The minimum atomic E-state index is 0.451. The molecule has 1 heterocycles. The Labute approximate surface area is 102 Å². The van der Waals surface area contributed by atoms with Crippen LogP contribution in [0.15, 0.2) is 46.7 Å². The molecule has 0 amide bonds. The quantitative estimate of drug-likeness (QED) is 0.609. The third kappa shape index (κ3) is 2.68. The largest absolute Gasteiger partial charge is 0.298 e. The molecule has 4 nitrogen and oxygen atoms in total. The first kappa shape index (κ1) is 11.3. The summed E-state index contributed by atoms with van der Waals surface area (Å²) in [7, 11) is 0. The molecule has 0 atom stereocenters. The van der Waals surface area contributed by atoms with Gasteiger partial charge in [-0.25, -0.2) is 9.97 Å². The Morgan fingerprint density at radius 2 is 2.06 bits per heavy atom. The van der Waals surface area contributed by atoms with E-state index in [9.17, 15) is 4.79 Å². The van der Waals surface area contributed by atoms with E-state index in [0.29, 0.717) is 22.6 Å². The van der Waals surface area contributed by atoms with Crippen LogP contribution < -0.4 is 0 Å². The molecule has 1 aromatic heterocycles. The third-order valence-electron chi connectivity index (χ3n) is 2.00. The molecule has 82 valence electrons. The molecular weight excluding hydrogens is 234 g/mol. The highest BCUT2D eigenvalue weighted by atomic mass is 32.2. The number of nitrogens with zero attached hydrogens (tertiary/aromatic N) is 3. The molecule has 0 aliphatic heterocycles. The van der Waals surface area contributed by atoms with Crippen LogP contribution in [0, 0.1) is 11.3 Å². The molecular formula is C12H7N3OS. The zero-order chi connectivity index (χ0) is 12.1. The van der Waals surface area contributed by atoms with Crippen LogP contribution in [0.3, 0.4) is 0 Å². The van der Waals surface area contributed by atoms with Gasteiger partial charge in [-0.3, -0.25) is 4.79 Å². The first-order chi connectivity index (χ1) is 8.33. The summed E-state index contributed by atoms with van der Waals surface area (Å²) in [5, 5.41) is 9.57. The van der Waals surface area contributed by atoms with E-state index >= 15 is 0 Å². The second-order valence-corrected chi connectivity index (χ2v) is 4.13. The fourth-order valence-corrected chi connectivity index (χ4v) is 2.01. The van der Waals surface area contributed by atoms with Crippen LogP contribution in [0.4, 0.5) is 0 Å². The number of carbonyl (C=O) groups is 1. The van der Waals surface area contributed by atoms with E-state index in [1.807, 2.05) is 0 Å². The van der Waals surface area contributed by atoms with Gasteiger partial charge in [0.05, 0.1) is 5.56 Å². The lowest BCUT2D eigenvalue weighted by Gasteiger charge is -2.02. The Morgan fingerprint density at radius 3 is 2.71 bits per heavy atom. The van der Waals surface area contributed by atoms with E-state index in [-0.39, 0.29) is 0 Å². The predicted molar refractivity (Wildman–Crippen MR) is 62.7 cm³/mol. The summed E-state index contributed by atoms with van der Waals surface area (Å²) in [5.41, 5.74) is 0.937. The second-order valence-electron chi connectivity index (χ2n) is 3.12. The monoisotopic (exact) mass is 241 g/mol. The van der Waals surface area contributed by atoms with Crippen molar-refractivity contribution in [1.82, 2.24) is 9.97 Å². The Morgan fingerprint density at radius 1 is 1.29 bits per heavy atom. The fraction of sp³-hybridized carbons (Fsp3) is 0. The van der Waals surface area contributed by atoms with Crippen LogP contribution in [0.2, 0.25) is 0 Å². The van der Waals surface area contributed by atoms with Crippen LogP contribution in [-0.2, 0) is 0 Å². The first-order valence-corrected chi connectivity index (χ1v) is 5.59. The van der Waals surface area contributed by atoms with Crippen molar-refractivity contribution in [3.8, 4) is 6.07 Å². The van der Waals surface area contributed by atoms with Crippen LogP contribution >= 0.6 is 11.8 Å². The summed E-state index contributed by atoms with van der Waals surface area (Å²) >= 11 is 1.30. The van der Waals surface area contributed by atoms with Gasteiger partial charge in [-0.2, -0.15) is 5.26 Å². The lowest BCUT2D eigenvalue weighted by molar-refractivity contribution is 0.112. The molecule has 0 radical (unpaired) electrons. The van der Waals surface area contributed by atoms with Gasteiger partial charge in [0, 0.05) is 22.9 Å². The number of hydrogen-bond acceptors (Lipinski definition) is 5. The molecule has 0 aliphatic rings. The molecule has 0 unspecified atom stereocenters. The van der Waals surface area contributed by atoms with E-state index in [2.05, 4.69) is 16.0 Å². The highest BCUT2D eigenvalue weighted by Gasteiger charge is 2.06. The zero-order valence-electron chi connectivity index (χ0n) is 8.70. The smallest absolute Gasteiger partial charge is 0.192 e. The van der Waals surface area contributed by atoms with Crippen molar-refractivity contribution in [2.45, 2.75) is 10.1 Å². The molecule has 0 saturated carbocycles. The van der Waals surface area contributed by atoms with Crippen LogP contribution in [0.25, 0.3) is 0 Å². The standard InChI is InChI=1S/C12H7N3OS/c13-7-10-6-9(8-16)2-3-11(10)17-12-14-4-1-5-15-12/h1-6,8H. The van der Waals surface area contributed by atoms with Crippen molar-refractivity contribution in [3.05, 3.63) is 47.8 Å². The number of aromatic nitrogens is 2. The van der Waals surface area contributed by atoms with Gasteiger partial charge in [0.2, 0.25) is 0 Å². The van der Waals surface area contributed by atoms with Crippen molar-refractivity contribution < 1.29 is 4.79 Å². The summed E-state index contributed by atoms with van der Waals surface area (Å²) < 4.78 is 0. The number of aldehydes is 1. The van der Waals surface area contributed by atoms with Gasteiger partial charge in [-0.1, -0.05) is 6.07 Å². The molecule has 0 N–H and O–H groups in total. The summed E-state index contributed by atoms with van der Waals surface area (Å²) in [5.74, 6) is 0. The van der Waals surface area contributed by atoms with Crippen LogP contribution in [-0.4, -0.2) is 16.3 Å². The summed E-state index contributed by atoms with van der Waals surface area (Å²) in [4.78, 5) is 19.5. The fourth-order valence-electron chi connectivity index (χ4n) is 1.23. The molecule has 0 saturated heterocycles. The van der Waals surface area contributed by atoms with Crippen molar-refractivity contribution in [2.75, 3.05) is 0 Å². The lowest BCUT2D eigenvalue weighted by Crippen LogP contribution is -1.88. The van der Waals surface area contributed by atoms with Gasteiger partial charge in [-0.05, 0) is 30.0 Å². The van der Waals surface area contributed by atoms with Crippen LogP contribution in [0.5, 0.6) is 0 Å². The maximum Gasteiger partial charge on any atom is 0.192 e. The number of hydrogen-bond donors (Lipinski definition) is 0. The summed E-state index contributed by atoms with van der Waals surface area (Å²) in [6.07, 6.45) is 4.00. The van der Waals surface area contributed by atoms with Crippen molar-refractivity contribution >= 4 is 18.0 Å². The molecule has 2 aromatic rings. The number of carbonyl (C=O) groups excluding carboxylic acids is 1. The van der Waals surface area contributed by atoms with Gasteiger partial charge in [-0.15, -0.1) is 0 Å². The minimum absolute atomic E-state index is 0.451. The molecule has 0 spiro atoms. The van der Waals surface area contributed by atoms with Crippen molar-refractivity contribution in [3.63, 3.8) is 0 Å². The third-order valence-corrected chi connectivity index (χ3v) is 2.97. The predicted octanol–water partition coefficient (Wildman–Crippen LogP) is 2.31.